The van der Waals surface area contributed by atoms with Crippen molar-refractivity contribution in [3.63, 3.8) is 0 Å². The van der Waals surface area contributed by atoms with E-state index in [0.717, 1.165) is 21.6 Å². The number of hydrazone groups is 1. The summed E-state index contributed by atoms with van der Waals surface area (Å²) in [5.41, 5.74) is 5.41. The first kappa shape index (κ1) is 26.5. The van der Waals surface area contributed by atoms with Crippen LogP contribution in [0.5, 0.6) is 0 Å². The molecule has 3 aromatic rings. The molecule has 0 heterocycles. The van der Waals surface area contributed by atoms with Crippen molar-refractivity contribution in [1.82, 2.24) is 9.73 Å². The molecule has 0 fully saturated rings. The fourth-order valence-electron chi connectivity index (χ4n) is 3.88. The quantitative estimate of drug-likeness (QED) is 0.329. The van der Waals surface area contributed by atoms with E-state index < -0.39 is 28.3 Å². The topological polar surface area (TPSA) is 78.8 Å². The molecule has 6 nitrogen and oxygen atoms in total. The number of nitrogens with zero attached hydrogens (tertiary/aromatic N) is 2. The molecule has 0 aliphatic carbocycles. The molecule has 0 saturated carbocycles. The monoisotopic (exact) mass is 515 g/mol. The van der Waals surface area contributed by atoms with Crippen LogP contribution in [-0.4, -0.2) is 37.9 Å². The van der Waals surface area contributed by atoms with Crippen LogP contribution in [0.2, 0.25) is 5.02 Å². The zero-order valence-corrected chi connectivity index (χ0v) is 21.3. The van der Waals surface area contributed by atoms with Crippen molar-refractivity contribution in [1.29, 1.82) is 0 Å². The summed E-state index contributed by atoms with van der Waals surface area (Å²) >= 11 is 5.97. The maximum atomic E-state index is 13.9. The van der Waals surface area contributed by atoms with Gasteiger partial charge in [-0.2, -0.15) is 9.41 Å². The standard InChI is InChI=1S/C26H27ClFN3O3S/c1-18-14-19(2)26(20(3)15-18)35(33,34)31(13-12-21-8-5-4-6-9-21)17-25(32)30-29-16-22-23(27)10-7-11-24(22)28/h4-11,14-16H,12-13,17H2,1-3H3,(H,30,32)/b29-16+. The van der Waals surface area contributed by atoms with E-state index in [9.17, 15) is 17.6 Å². The van der Waals surface area contributed by atoms with Gasteiger partial charge in [-0.3, -0.25) is 4.79 Å². The number of nitrogens with one attached hydrogen (secondary N) is 1. The Morgan fingerprint density at radius 1 is 1.06 bits per heavy atom. The predicted molar refractivity (Wildman–Crippen MR) is 137 cm³/mol. The normalized spacial score (nSPS) is 11.8. The van der Waals surface area contributed by atoms with Gasteiger partial charge in [-0.25, -0.2) is 18.2 Å². The predicted octanol–water partition coefficient (Wildman–Crippen LogP) is 4.79. The molecule has 1 N–H and O–H groups in total. The Morgan fingerprint density at radius 3 is 2.34 bits per heavy atom. The minimum atomic E-state index is -4.00. The van der Waals surface area contributed by atoms with E-state index in [1.165, 1.54) is 18.2 Å². The number of carbonyl (C=O) groups excluding carboxylic acids is 1. The molecule has 0 aliphatic rings. The summed E-state index contributed by atoms with van der Waals surface area (Å²) in [7, 11) is -4.00. The average molecular weight is 516 g/mol. The van der Waals surface area contributed by atoms with Crippen LogP contribution >= 0.6 is 11.6 Å². The summed E-state index contributed by atoms with van der Waals surface area (Å²) in [6, 6.07) is 17.2. The van der Waals surface area contributed by atoms with Crippen molar-refractivity contribution >= 4 is 33.7 Å². The van der Waals surface area contributed by atoms with Crippen molar-refractivity contribution in [3.8, 4) is 0 Å². The Balaban J connectivity index is 1.84. The molecule has 0 bridgehead atoms. The van der Waals surface area contributed by atoms with E-state index in [0.29, 0.717) is 17.5 Å². The van der Waals surface area contributed by atoms with Gasteiger partial charge in [-0.05, 0) is 56.0 Å². The minimum absolute atomic E-state index is 0.0222. The molecule has 0 unspecified atom stereocenters. The fraction of sp³-hybridized carbons (Fsp3) is 0.231. The van der Waals surface area contributed by atoms with E-state index in [4.69, 9.17) is 11.6 Å². The number of benzene rings is 3. The van der Waals surface area contributed by atoms with Crippen molar-refractivity contribution in [2.24, 2.45) is 5.10 Å². The number of hydrogen-bond donors (Lipinski definition) is 1. The molecule has 3 rings (SSSR count). The van der Waals surface area contributed by atoms with Crippen molar-refractivity contribution in [2.45, 2.75) is 32.1 Å². The molecule has 1 amide bonds. The molecule has 0 aliphatic heterocycles. The molecule has 0 spiro atoms. The van der Waals surface area contributed by atoms with Crippen LogP contribution in [0.3, 0.4) is 0 Å². The highest BCUT2D eigenvalue weighted by molar-refractivity contribution is 7.89. The molecule has 0 atom stereocenters. The molecule has 0 saturated heterocycles. The van der Waals surface area contributed by atoms with Gasteiger partial charge in [0.2, 0.25) is 10.0 Å². The largest absolute Gasteiger partial charge is 0.272 e. The third kappa shape index (κ3) is 6.75. The van der Waals surface area contributed by atoms with E-state index in [-0.39, 0.29) is 22.0 Å². The lowest BCUT2D eigenvalue weighted by molar-refractivity contribution is -0.121. The summed E-state index contributed by atoms with van der Waals surface area (Å²) in [6.07, 6.45) is 1.51. The van der Waals surface area contributed by atoms with Crippen LogP contribution in [0.25, 0.3) is 0 Å². The van der Waals surface area contributed by atoms with E-state index >= 15 is 0 Å². The smallest absolute Gasteiger partial charge is 0.255 e. The number of aryl methyl sites for hydroxylation is 3. The van der Waals surface area contributed by atoms with Crippen molar-refractivity contribution < 1.29 is 17.6 Å². The molecule has 0 radical (unpaired) electrons. The maximum absolute atomic E-state index is 13.9. The lowest BCUT2D eigenvalue weighted by Gasteiger charge is -2.24. The summed E-state index contributed by atoms with van der Waals surface area (Å²) in [5, 5.41) is 3.90. The average Bonchev–Trinajstić information content (AvgIpc) is 2.78. The summed E-state index contributed by atoms with van der Waals surface area (Å²) in [6.45, 7) is 5.02. The zero-order chi connectivity index (χ0) is 25.6. The first-order valence-electron chi connectivity index (χ1n) is 11.0. The second-order valence-corrected chi connectivity index (χ2v) is 10.5. The molecule has 0 aromatic heterocycles. The summed E-state index contributed by atoms with van der Waals surface area (Å²) < 4.78 is 42.4. The third-order valence-corrected chi connectivity index (χ3v) is 7.88. The third-order valence-electron chi connectivity index (χ3n) is 5.40. The first-order chi connectivity index (χ1) is 16.6. The zero-order valence-electron chi connectivity index (χ0n) is 19.8. The molecular formula is C26H27ClFN3O3S. The Labute approximate surface area is 210 Å². The van der Waals surface area contributed by atoms with Crippen molar-refractivity contribution in [2.75, 3.05) is 13.1 Å². The summed E-state index contributed by atoms with van der Waals surface area (Å²) in [5.74, 6) is -1.25. The van der Waals surface area contributed by atoms with Gasteiger partial charge in [-0.1, -0.05) is 65.7 Å². The highest BCUT2D eigenvalue weighted by Gasteiger charge is 2.29. The van der Waals surface area contributed by atoms with Crippen LogP contribution in [0.1, 0.15) is 27.8 Å². The Bertz CT molecular complexity index is 1300. The van der Waals surface area contributed by atoms with Gasteiger partial charge in [0.25, 0.3) is 5.91 Å². The van der Waals surface area contributed by atoms with Crippen LogP contribution < -0.4 is 5.43 Å². The second-order valence-electron chi connectivity index (χ2n) is 8.23. The number of rotatable bonds is 9. The molecule has 35 heavy (non-hydrogen) atoms. The Kier molecular flexibility index (Phi) is 8.77. The molecular weight excluding hydrogens is 489 g/mol. The number of amides is 1. The highest BCUT2D eigenvalue weighted by Crippen LogP contribution is 2.25. The van der Waals surface area contributed by atoms with Crippen LogP contribution in [0, 0.1) is 26.6 Å². The van der Waals surface area contributed by atoms with Gasteiger partial charge in [0.15, 0.2) is 0 Å². The van der Waals surface area contributed by atoms with Gasteiger partial charge >= 0.3 is 0 Å². The number of halogens is 2. The van der Waals surface area contributed by atoms with Crippen LogP contribution in [0.15, 0.2) is 70.7 Å². The molecule has 3 aromatic carbocycles. The van der Waals surface area contributed by atoms with E-state index in [1.54, 1.807) is 26.0 Å². The van der Waals surface area contributed by atoms with Gasteiger partial charge < -0.3 is 0 Å². The number of carbonyl (C=O) groups is 1. The lowest BCUT2D eigenvalue weighted by atomic mass is 10.1. The molecule has 184 valence electrons. The van der Waals surface area contributed by atoms with Gasteiger partial charge in [0.1, 0.15) is 5.82 Å². The lowest BCUT2D eigenvalue weighted by Crippen LogP contribution is -2.41. The Hall–Kier alpha value is -3.07. The number of sulfonamides is 1. The van der Waals surface area contributed by atoms with Gasteiger partial charge in [0.05, 0.1) is 22.7 Å². The minimum Gasteiger partial charge on any atom is -0.272 e. The van der Waals surface area contributed by atoms with Crippen molar-refractivity contribution in [3.05, 3.63) is 99.3 Å². The van der Waals surface area contributed by atoms with Gasteiger partial charge in [0, 0.05) is 12.1 Å². The SMILES string of the molecule is Cc1cc(C)c(S(=O)(=O)N(CCc2ccccc2)CC(=O)N/N=C/c2c(F)cccc2Cl)c(C)c1. The second kappa shape index (κ2) is 11.6. The Morgan fingerprint density at radius 2 is 1.71 bits per heavy atom. The van der Waals surface area contributed by atoms with Gasteiger partial charge in [-0.15, -0.1) is 0 Å². The van der Waals surface area contributed by atoms with Crippen LogP contribution in [0.4, 0.5) is 4.39 Å². The van der Waals surface area contributed by atoms with E-state index in [1.807, 2.05) is 37.3 Å². The fourth-order valence-corrected chi connectivity index (χ4v) is 5.90. The first-order valence-corrected chi connectivity index (χ1v) is 12.8. The maximum Gasteiger partial charge on any atom is 0.255 e. The number of hydrogen-bond acceptors (Lipinski definition) is 4. The van der Waals surface area contributed by atoms with E-state index in [2.05, 4.69) is 10.5 Å². The van der Waals surface area contributed by atoms with Crippen LogP contribution in [-0.2, 0) is 21.2 Å². The molecule has 9 heteroatoms. The highest BCUT2D eigenvalue weighted by atomic mass is 35.5. The summed E-state index contributed by atoms with van der Waals surface area (Å²) in [4.78, 5) is 12.9.